The van der Waals surface area contributed by atoms with Crippen molar-refractivity contribution in [2.45, 2.75) is 44.1 Å². The Kier molecular flexibility index (Phi) is 6.79. The van der Waals surface area contributed by atoms with Gasteiger partial charge in [0.1, 0.15) is 6.33 Å². The van der Waals surface area contributed by atoms with Gasteiger partial charge in [0.05, 0.1) is 6.54 Å². The molecular weight excluding hydrogens is 350 g/mol. The van der Waals surface area contributed by atoms with Gasteiger partial charge in [-0.2, -0.15) is 5.10 Å². The summed E-state index contributed by atoms with van der Waals surface area (Å²) in [6.45, 7) is 8.13. The number of hydrogen-bond donors (Lipinski definition) is 2. The minimum Gasteiger partial charge on any atom is -0.350 e. The number of carbonyl (C=O) groups excluding carboxylic acids is 2. The summed E-state index contributed by atoms with van der Waals surface area (Å²) < 4.78 is 0. The molecule has 0 unspecified atom stereocenters. The van der Waals surface area contributed by atoms with Crippen molar-refractivity contribution in [3.05, 3.63) is 41.7 Å². The van der Waals surface area contributed by atoms with E-state index >= 15 is 0 Å². The molecule has 1 aromatic carbocycles. The Morgan fingerprint density at radius 2 is 1.92 bits per heavy atom. The molecule has 0 fully saturated rings. The summed E-state index contributed by atoms with van der Waals surface area (Å²) in [5.41, 5.74) is 1.34. The van der Waals surface area contributed by atoms with Gasteiger partial charge in [-0.1, -0.05) is 23.9 Å². The van der Waals surface area contributed by atoms with Gasteiger partial charge in [-0.25, -0.2) is 4.98 Å². The van der Waals surface area contributed by atoms with E-state index in [1.54, 1.807) is 28.8 Å². The van der Waals surface area contributed by atoms with Crippen molar-refractivity contribution in [1.82, 2.24) is 25.4 Å². The topological polar surface area (TPSA) is 91.0 Å². The van der Waals surface area contributed by atoms with Crippen LogP contribution < -0.4 is 5.32 Å². The molecule has 0 atom stereocenters. The number of aromatic nitrogens is 3. The lowest BCUT2D eigenvalue weighted by atomic mass is 10.1. The lowest BCUT2D eigenvalue weighted by molar-refractivity contribution is -0.123. The largest absolute Gasteiger partial charge is 0.350 e. The molecule has 0 bridgehead atoms. The summed E-state index contributed by atoms with van der Waals surface area (Å²) in [6.07, 6.45) is 1.47. The standard InChI is InChI=1S/C18H25N5O2S/c1-5-23(10-15(24)21-18(2,3)4)16(25)14-8-6-13(7-9-14)11-26-17-19-12-20-22-17/h6-9,12H,5,10-11H2,1-4H3,(H,21,24)(H,19,20,22). The van der Waals surface area contributed by atoms with Crippen LogP contribution in [0.3, 0.4) is 0 Å². The Hall–Kier alpha value is -2.35. The third kappa shape index (κ3) is 6.18. The number of hydrogen-bond acceptors (Lipinski definition) is 5. The summed E-state index contributed by atoms with van der Waals surface area (Å²) in [4.78, 5) is 30.3. The lowest BCUT2D eigenvalue weighted by Gasteiger charge is -2.25. The predicted molar refractivity (Wildman–Crippen MR) is 102 cm³/mol. The van der Waals surface area contributed by atoms with E-state index in [0.29, 0.717) is 12.1 Å². The third-order valence-corrected chi connectivity index (χ3v) is 4.43. The van der Waals surface area contributed by atoms with Gasteiger partial charge in [0.15, 0.2) is 5.16 Å². The zero-order chi connectivity index (χ0) is 19.2. The Bertz CT molecular complexity index is 723. The molecule has 8 heteroatoms. The van der Waals surface area contributed by atoms with Crippen LogP contribution in [0.2, 0.25) is 0 Å². The molecule has 7 nitrogen and oxygen atoms in total. The molecule has 0 radical (unpaired) electrons. The van der Waals surface area contributed by atoms with E-state index in [1.165, 1.54) is 6.33 Å². The molecule has 2 N–H and O–H groups in total. The van der Waals surface area contributed by atoms with Crippen molar-refractivity contribution < 1.29 is 9.59 Å². The van der Waals surface area contributed by atoms with Gasteiger partial charge in [0.25, 0.3) is 5.91 Å². The van der Waals surface area contributed by atoms with Crippen molar-refractivity contribution in [3.8, 4) is 0 Å². The van der Waals surface area contributed by atoms with Crippen molar-refractivity contribution in [2.24, 2.45) is 0 Å². The molecule has 2 aromatic rings. The minimum absolute atomic E-state index is 0.0513. The first-order valence-electron chi connectivity index (χ1n) is 8.46. The SMILES string of the molecule is CCN(CC(=O)NC(C)(C)C)C(=O)c1ccc(CSc2ncn[nH]2)cc1. The van der Waals surface area contributed by atoms with Crippen LogP contribution in [0.25, 0.3) is 0 Å². The number of benzene rings is 1. The fourth-order valence-electron chi connectivity index (χ4n) is 2.30. The van der Waals surface area contributed by atoms with E-state index in [4.69, 9.17) is 0 Å². The number of nitrogens with zero attached hydrogens (tertiary/aromatic N) is 3. The maximum Gasteiger partial charge on any atom is 0.254 e. The highest BCUT2D eigenvalue weighted by Crippen LogP contribution is 2.19. The van der Waals surface area contributed by atoms with Crippen LogP contribution in [0, 0.1) is 0 Å². The second kappa shape index (κ2) is 8.84. The highest BCUT2D eigenvalue weighted by atomic mass is 32.2. The number of H-pyrrole nitrogens is 1. The second-order valence-corrected chi connectivity index (χ2v) is 7.86. The number of carbonyl (C=O) groups is 2. The highest BCUT2D eigenvalue weighted by Gasteiger charge is 2.20. The molecule has 1 aromatic heterocycles. The number of rotatable bonds is 7. The Labute approximate surface area is 158 Å². The van der Waals surface area contributed by atoms with Crippen LogP contribution in [-0.2, 0) is 10.5 Å². The van der Waals surface area contributed by atoms with Gasteiger partial charge in [0.2, 0.25) is 5.91 Å². The Morgan fingerprint density at radius 3 is 2.46 bits per heavy atom. The molecule has 0 saturated heterocycles. The van der Waals surface area contributed by atoms with E-state index < -0.39 is 0 Å². The smallest absolute Gasteiger partial charge is 0.254 e. The molecule has 26 heavy (non-hydrogen) atoms. The number of likely N-dealkylation sites (N-methyl/N-ethyl adjacent to an activating group) is 1. The Balaban J connectivity index is 1.95. The molecule has 0 aliphatic carbocycles. The van der Waals surface area contributed by atoms with Crippen molar-refractivity contribution in [2.75, 3.05) is 13.1 Å². The molecule has 0 aliphatic rings. The maximum absolute atomic E-state index is 12.7. The number of aromatic amines is 1. The number of thioether (sulfide) groups is 1. The van der Waals surface area contributed by atoms with Crippen molar-refractivity contribution in [1.29, 1.82) is 0 Å². The van der Waals surface area contributed by atoms with Crippen molar-refractivity contribution in [3.63, 3.8) is 0 Å². The minimum atomic E-state index is -0.317. The molecule has 2 amide bonds. The second-order valence-electron chi connectivity index (χ2n) is 6.89. The summed E-state index contributed by atoms with van der Waals surface area (Å²) in [5.74, 6) is 0.425. The average Bonchev–Trinajstić information content (AvgIpc) is 3.09. The third-order valence-electron chi connectivity index (χ3n) is 3.49. The lowest BCUT2D eigenvalue weighted by Crippen LogP contribution is -2.47. The maximum atomic E-state index is 12.7. The van der Waals surface area contributed by atoms with Crippen LogP contribution in [0.15, 0.2) is 35.7 Å². The molecule has 0 saturated carbocycles. The van der Waals surface area contributed by atoms with E-state index in [9.17, 15) is 9.59 Å². The predicted octanol–water partition coefficient (Wildman–Crippen LogP) is 2.47. The highest BCUT2D eigenvalue weighted by molar-refractivity contribution is 7.98. The number of amides is 2. The van der Waals surface area contributed by atoms with Crippen LogP contribution in [0.5, 0.6) is 0 Å². The van der Waals surface area contributed by atoms with Gasteiger partial charge in [-0.05, 0) is 45.4 Å². The zero-order valence-electron chi connectivity index (χ0n) is 15.6. The van der Waals surface area contributed by atoms with Crippen LogP contribution in [0.1, 0.15) is 43.6 Å². The summed E-state index contributed by atoms with van der Waals surface area (Å²) in [6, 6.07) is 7.42. The van der Waals surface area contributed by atoms with Gasteiger partial charge in [0, 0.05) is 23.4 Å². The van der Waals surface area contributed by atoms with Crippen LogP contribution in [0.4, 0.5) is 0 Å². The summed E-state index contributed by atoms with van der Waals surface area (Å²) >= 11 is 1.54. The van der Waals surface area contributed by atoms with Gasteiger partial charge in [-0.15, -0.1) is 0 Å². The van der Waals surface area contributed by atoms with E-state index in [2.05, 4.69) is 20.5 Å². The molecule has 2 rings (SSSR count). The Morgan fingerprint density at radius 1 is 1.23 bits per heavy atom. The summed E-state index contributed by atoms with van der Waals surface area (Å²) in [7, 11) is 0. The molecule has 0 spiro atoms. The summed E-state index contributed by atoms with van der Waals surface area (Å²) in [5, 5.41) is 10.2. The van der Waals surface area contributed by atoms with Crippen LogP contribution in [-0.4, -0.2) is 50.5 Å². The van der Waals surface area contributed by atoms with Gasteiger partial charge in [-0.3, -0.25) is 14.7 Å². The van der Waals surface area contributed by atoms with Gasteiger partial charge < -0.3 is 10.2 Å². The first kappa shape index (κ1) is 20.0. The van der Waals surface area contributed by atoms with Crippen LogP contribution >= 0.6 is 11.8 Å². The van der Waals surface area contributed by atoms with E-state index in [-0.39, 0.29) is 23.9 Å². The fraction of sp³-hybridized carbons (Fsp3) is 0.444. The fourth-order valence-corrected chi connectivity index (χ4v) is 3.03. The quantitative estimate of drug-likeness (QED) is 0.726. The first-order valence-corrected chi connectivity index (χ1v) is 9.44. The normalized spacial score (nSPS) is 11.2. The average molecular weight is 375 g/mol. The van der Waals surface area contributed by atoms with Crippen molar-refractivity contribution >= 4 is 23.6 Å². The molecule has 0 aliphatic heterocycles. The van der Waals surface area contributed by atoms with Gasteiger partial charge >= 0.3 is 0 Å². The first-order chi connectivity index (χ1) is 12.3. The van der Waals surface area contributed by atoms with E-state index in [0.717, 1.165) is 16.5 Å². The molecule has 1 heterocycles. The monoisotopic (exact) mass is 375 g/mol. The zero-order valence-corrected chi connectivity index (χ0v) is 16.4. The number of nitrogens with one attached hydrogen (secondary N) is 2. The van der Waals surface area contributed by atoms with E-state index in [1.807, 2.05) is 39.8 Å². The molecule has 140 valence electrons. The molecular formula is C18H25N5O2S.